The van der Waals surface area contributed by atoms with Crippen LogP contribution in [0.4, 0.5) is 5.69 Å². The largest absolute Gasteiger partial charge is 0.501 e. The molecule has 6 nitrogen and oxygen atoms in total. The van der Waals surface area contributed by atoms with E-state index in [1.54, 1.807) is 11.2 Å². The number of anilines is 1. The number of nitrogens with one attached hydrogen (secondary N) is 1. The van der Waals surface area contributed by atoms with Gasteiger partial charge in [0.15, 0.2) is 0 Å². The molecule has 6 heteroatoms. The minimum atomic E-state index is 0.0441. The maximum Gasteiger partial charge on any atom is 0.224 e. The van der Waals surface area contributed by atoms with Crippen molar-refractivity contribution in [2.24, 2.45) is 5.92 Å². The van der Waals surface area contributed by atoms with Crippen molar-refractivity contribution in [1.29, 1.82) is 0 Å². The standard InChI is InChI=1S/C20H26N2O4/c1-22(14-15-8-11-25-12-9-15)20(24)3-2-10-26-17-6-4-16-5-7-19(23)21-18(16)13-17/h4,6,8,11,13,15H,2-3,5,7,9-10,12,14H2,1H3,(H,21,23). The predicted octanol–water partition coefficient (Wildman–Crippen LogP) is 2.74. The Hall–Kier alpha value is -2.50. The number of amides is 2. The highest BCUT2D eigenvalue weighted by Gasteiger charge is 2.16. The van der Waals surface area contributed by atoms with E-state index in [9.17, 15) is 9.59 Å². The van der Waals surface area contributed by atoms with E-state index in [0.29, 0.717) is 31.8 Å². The molecule has 0 bridgehead atoms. The topological polar surface area (TPSA) is 67.9 Å². The van der Waals surface area contributed by atoms with E-state index < -0.39 is 0 Å². The van der Waals surface area contributed by atoms with Crippen LogP contribution in [0, 0.1) is 5.92 Å². The average molecular weight is 358 g/mol. The third-order valence-electron chi connectivity index (χ3n) is 4.77. The van der Waals surface area contributed by atoms with E-state index in [1.165, 1.54) is 0 Å². The maximum absolute atomic E-state index is 12.2. The lowest BCUT2D eigenvalue weighted by Gasteiger charge is -2.24. The molecule has 1 aromatic carbocycles. The van der Waals surface area contributed by atoms with Crippen molar-refractivity contribution >= 4 is 17.5 Å². The minimum absolute atomic E-state index is 0.0441. The van der Waals surface area contributed by atoms with Crippen LogP contribution in [-0.4, -0.2) is 43.5 Å². The van der Waals surface area contributed by atoms with Gasteiger partial charge in [0, 0.05) is 44.1 Å². The highest BCUT2D eigenvalue weighted by Crippen LogP contribution is 2.27. The highest BCUT2D eigenvalue weighted by molar-refractivity contribution is 5.94. The molecule has 0 aromatic heterocycles. The van der Waals surface area contributed by atoms with Gasteiger partial charge in [-0.05, 0) is 37.0 Å². The van der Waals surface area contributed by atoms with Gasteiger partial charge in [-0.15, -0.1) is 0 Å². The zero-order chi connectivity index (χ0) is 18.4. The molecule has 140 valence electrons. The molecule has 0 spiro atoms. The number of hydrogen-bond acceptors (Lipinski definition) is 4. The van der Waals surface area contributed by atoms with Crippen LogP contribution >= 0.6 is 0 Å². The van der Waals surface area contributed by atoms with E-state index in [0.717, 1.165) is 43.0 Å². The quantitative estimate of drug-likeness (QED) is 0.761. The molecule has 0 radical (unpaired) electrons. The van der Waals surface area contributed by atoms with Crippen molar-refractivity contribution in [3.05, 3.63) is 36.1 Å². The number of carbonyl (C=O) groups excluding carboxylic acids is 2. The molecule has 3 rings (SSSR count). The summed E-state index contributed by atoms with van der Waals surface area (Å²) in [7, 11) is 1.85. The molecule has 0 saturated carbocycles. The zero-order valence-corrected chi connectivity index (χ0v) is 15.2. The first-order chi connectivity index (χ1) is 12.6. The summed E-state index contributed by atoms with van der Waals surface area (Å²) in [5.41, 5.74) is 1.97. The number of hydrogen-bond donors (Lipinski definition) is 1. The Morgan fingerprint density at radius 2 is 2.27 bits per heavy atom. The number of nitrogens with zero attached hydrogens (tertiary/aromatic N) is 1. The summed E-state index contributed by atoms with van der Waals surface area (Å²) >= 11 is 0. The summed E-state index contributed by atoms with van der Waals surface area (Å²) in [6, 6.07) is 5.77. The van der Waals surface area contributed by atoms with E-state index >= 15 is 0 Å². The number of ether oxygens (including phenoxy) is 2. The van der Waals surface area contributed by atoms with Crippen LogP contribution in [0.2, 0.25) is 0 Å². The summed E-state index contributed by atoms with van der Waals surface area (Å²) < 4.78 is 10.9. The normalized spacial score (nSPS) is 18.5. The van der Waals surface area contributed by atoms with Gasteiger partial charge in [-0.25, -0.2) is 0 Å². The first-order valence-electron chi connectivity index (χ1n) is 9.19. The van der Waals surface area contributed by atoms with Gasteiger partial charge >= 0.3 is 0 Å². The molecule has 1 aromatic rings. The van der Waals surface area contributed by atoms with Crippen LogP contribution in [0.15, 0.2) is 30.5 Å². The number of rotatable bonds is 7. The van der Waals surface area contributed by atoms with E-state index in [1.807, 2.05) is 31.3 Å². The van der Waals surface area contributed by atoms with E-state index in [4.69, 9.17) is 9.47 Å². The molecule has 26 heavy (non-hydrogen) atoms. The Balaban J connectivity index is 1.39. The number of benzene rings is 1. The lowest BCUT2D eigenvalue weighted by molar-refractivity contribution is -0.130. The van der Waals surface area contributed by atoms with Crippen LogP contribution < -0.4 is 10.1 Å². The van der Waals surface area contributed by atoms with Crippen molar-refractivity contribution in [3.8, 4) is 5.75 Å². The van der Waals surface area contributed by atoms with Gasteiger partial charge in [0.2, 0.25) is 11.8 Å². The first kappa shape index (κ1) is 18.3. The second-order valence-corrected chi connectivity index (χ2v) is 6.84. The molecule has 0 fully saturated rings. The summed E-state index contributed by atoms with van der Waals surface area (Å²) in [6.07, 6.45) is 7.12. The summed E-state index contributed by atoms with van der Waals surface area (Å²) in [6.45, 7) is 1.92. The monoisotopic (exact) mass is 358 g/mol. The lowest BCUT2D eigenvalue weighted by Crippen LogP contribution is -2.32. The third kappa shape index (κ3) is 5.00. The van der Waals surface area contributed by atoms with Crippen molar-refractivity contribution in [2.45, 2.75) is 32.1 Å². The smallest absolute Gasteiger partial charge is 0.224 e. The van der Waals surface area contributed by atoms with Crippen molar-refractivity contribution in [2.75, 3.05) is 32.1 Å². The first-order valence-corrected chi connectivity index (χ1v) is 9.19. The minimum Gasteiger partial charge on any atom is -0.501 e. The Morgan fingerprint density at radius 3 is 3.08 bits per heavy atom. The third-order valence-corrected chi connectivity index (χ3v) is 4.77. The van der Waals surface area contributed by atoms with Crippen LogP contribution in [0.1, 0.15) is 31.2 Å². The number of aryl methyl sites for hydroxylation is 1. The molecule has 2 heterocycles. The van der Waals surface area contributed by atoms with Gasteiger partial charge in [-0.2, -0.15) is 0 Å². The Labute approximate surface area is 154 Å². The van der Waals surface area contributed by atoms with Crippen molar-refractivity contribution < 1.29 is 19.1 Å². The SMILES string of the molecule is CN(CC1C=COCC1)C(=O)CCCOc1ccc2c(c1)NC(=O)CC2. The molecule has 0 aliphatic carbocycles. The molecular formula is C20H26N2O4. The molecule has 1 N–H and O–H groups in total. The Kier molecular flexibility index (Phi) is 6.15. The average Bonchev–Trinajstić information content (AvgIpc) is 2.65. The second kappa shape index (κ2) is 8.74. The molecule has 2 aliphatic heterocycles. The van der Waals surface area contributed by atoms with Gasteiger partial charge in [0.25, 0.3) is 0 Å². The van der Waals surface area contributed by atoms with Gasteiger partial charge < -0.3 is 19.7 Å². The lowest BCUT2D eigenvalue weighted by atomic mass is 10.0. The van der Waals surface area contributed by atoms with Crippen LogP contribution in [0.3, 0.4) is 0 Å². The zero-order valence-electron chi connectivity index (χ0n) is 15.2. The molecule has 0 saturated heterocycles. The summed E-state index contributed by atoms with van der Waals surface area (Å²) in [5, 5.41) is 2.87. The van der Waals surface area contributed by atoms with Crippen LogP contribution in [0.5, 0.6) is 5.75 Å². The second-order valence-electron chi connectivity index (χ2n) is 6.84. The van der Waals surface area contributed by atoms with Crippen LogP contribution in [-0.2, 0) is 20.7 Å². The molecule has 2 amide bonds. The van der Waals surface area contributed by atoms with Crippen molar-refractivity contribution in [3.63, 3.8) is 0 Å². The van der Waals surface area contributed by atoms with E-state index in [-0.39, 0.29) is 11.8 Å². The van der Waals surface area contributed by atoms with E-state index in [2.05, 4.69) is 5.32 Å². The van der Waals surface area contributed by atoms with Gasteiger partial charge in [0.05, 0.1) is 19.5 Å². The fraction of sp³-hybridized carbons (Fsp3) is 0.500. The predicted molar refractivity (Wildman–Crippen MR) is 99.0 cm³/mol. The van der Waals surface area contributed by atoms with Gasteiger partial charge in [-0.3, -0.25) is 9.59 Å². The summed E-state index contributed by atoms with van der Waals surface area (Å²) in [4.78, 5) is 25.5. The maximum atomic E-state index is 12.2. The highest BCUT2D eigenvalue weighted by atomic mass is 16.5. The molecular weight excluding hydrogens is 332 g/mol. The Bertz CT molecular complexity index is 686. The summed E-state index contributed by atoms with van der Waals surface area (Å²) in [5.74, 6) is 1.27. The number of fused-ring (bicyclic) bond motifs is 1. The fourth-order valence-corrected chi connectivity index (χ4v) is 3.20. The molecule has 1 atom stereocenters. The molecule has 1 unspecified atom stereocenters. The van der Waals surface area contributed by atoms with Crippen molar-refractivity contribution in [1.82, 2.24) is 4.90 Å². The Morgan fingerprint density at radius 1 is 1.38 bits per heavy atom. The van der Waals surface area contributed by atoms with Crippen LogP contribution in [0.25, 0.3) is 0 Å². The van der Waals surface area contributed by atoms with Gasteiger partial charge in [-0.1, -0.05) is 6.07 Å². The fourth-order valence-electron chi connectivity index (χ4n) is 3.20. The molecule has 2 aliphatic rings. The van der Waals surface area contributed by atoms with Gasteiger partial charge in [0.1, 0.15) is 5.75 Å². The number of carbonyl (C=O) groups is 2.